The number of quaternary nitrogens is 1. The summed E-state index contributed by atoms with van der Waals surface area (Å²) in [7, 11) is 5.40. The molecule has 4 N–H and O–H groups in total. The molecule has 8 heteroatoms. The highest BCUT2D eigenvalue weighted by Crippen LogP contribution is 2.15. The Balaban J connectivity index is 0. The molecule has 0 heterocycles. The molecular formula is C25H52N2O6. The lowest BCUT2D eigenvalue weighted by atomic mass is 10.0. The van der Waals surface area contributed by atoms with Crippen molar-refractivity contribution in [1.29, 1.82) is 0 Å². The van der Waals surface area contributed by atoms with Gasteiger partial charge in [-0.05, 0) is 6.42 Å². The van der Waals surface area contributed by atoms with E-state index in [4.69, 9.17) is 5.11 Å². The quantitative estimate of drug-likeness (QED) is 0.114. The van der Waals surface area contributed by atoms with Crippen molar-refractivity contribution in [3.63, 3.8) is 0 Å². The number of carboxylic acids is 2. The first-order valence-corrected chi connectivity index (χ1v) is 12.8. The summed E-state index contributed by atoms with van der Waals surface area (Å²) in [4.78, 5) is 20.3. The molecule has 0 aliphatic rings. The van der Waals surface area contributed by atoms with Gasteiger partial charge in [-0.1, -0.05) is 96.8 Å². The number of nitrogens with one attached hydrogen (secondary N) is 1. The lowest BCUT2D eigenvalue weighted by Gasteiger charge is -2.23. The second-order valence-electron chi connectivity index (χ2n) is 10.1. The number of aliphatic hydroxyl groups is 2. The van der Waals surface area contributed by atoms with Crippen LogP contribution < -0.4 is 10.4 Å². The lowest BCUT2D eigenvalue weighted by molar-refractivity contribution is -0.864. The molecule has 0 radical (unpaired) electrons. The van der Waals surface area contributed by atoms with Gasteiger partial charge in [0, 0.05) is 6.42 Å². The number of carboxylic acid groups (broad SMARTS) is 2. The molecule has 0 saturated carbocycles. The first kappa shape index (κ1) is 34.0. The summed E-state index contributed by atoms with van der Waals surface area (Å²) in [5, 5.41) is 39.7. The first-order chi connectivity index (χ1) is 15.4. The van der Waals surface area contributed by atoms with Crippen molar-refractivity contribution in [2.24, 2.45) is 0 Å². The summed E-state index contributed by atoms with van der Waals surface area (Å²) < 4.78 is 0.419. The molecule has 0 aromatic rings. The molecule has 0 aliphatic carbocycles. The summed E-state index contributed by atoms with van der Waals surface area (Å²) in [6, 6.07) is 0. The lowest BCUT2D eigenvalue weighted by Crippen LogP contribution is -2.47. The van der Waals surface area contributed by atoms with Crippen molar-refractivity contribution in [2.75, 3.05) is 34.2 Å². The van der Waals surface area contributed by atoms with Gasteiger partial charge < -0.3 is 29.7 Å². The van der Waals surface area contributed by atoms with Crippen LogP contribution in [-0.2, 0) is 9.59 Å². The highest BCUT2D eigenvalue weighted by atomic mass is 16.5. The van der Waals surface area contributed by atoms with Crippen LogP contribution in [0.1, 0.15) is 110 Å². The van der Waals surface area contributed by atoms with Gasteiger partial charge in [-0.3, -0.25) is 10.1 Å². The topological polar surface area (TPSA) is 130 Å². The highest BCUT2D eigenvalue weighted by Gasteiger charge is 2.22. The number of nitrogens with zero attached hydrogens (tertiary/aromatic N) is 1. The third-order valence-electron chi connectivity index (χ3n) is 5.26. The van der Waals surface area contributed by atoms with Crippen LogP contribution in [0, 0.1) is 0 Å². The number of aliphatic carboxylic acids is 2. The maximum absolute atomic E-state index is 10.4. The summed E-state index contributed by atoms with van der Waals surface area (Å²) in [5.74, 6) is -4.16. The molecule has 0 atom stereocenters. The van der Waals surface area contributed by atoms with Crippen LogP contribution in [-0.4, -0.2) is 71.9 Å². The van der Waals surface area contributed by atoms with Crippen molar-refractivity contribution in [3.8, 4) is 0 Å². The SMILES string of the molecule is CCCCCCCCCCCCCCCCCC(O)(O)NCC(=O)O.C[N+](C)(C)CC(=O)[O-]. The average Bonchev–Trinajstić information content (AvgIpc) is 2.68. The standard InChI is InChI=1S/C20H41NO4.C5H11NO2/c1-2-3-4-5-6-7-8-9-10-11-12-13-14-15-16-17-20(24,25)21-18-19(22)23;1-6(2,3)4-5(7)8/h21,24-25H,2-18H2,1H3,(H,22,23);4H2,1-3H3. The maximum atomic E-state index is 10.4. The van der Waals surface area contributed by atoms with Gasteiger partial charge in [0.15, 0.2) is 0 Å². The molecule has 8 nitrogen and oxygen atoms in total. The second-order valence-corrected chi connectivity index (χ2v) is 10.1. The van der Waals surface area contributed by atoms with Crippen LogP contribution in [0.25, 0.3) is 0 Å². The van der Waals surface area contributed by atoms with Crippen molar-refractivity contribution in [3.05, 3.63) is 0 Å². The van der Waals surface area contributed by atoms with Crippen molar-refractivity contribution < 1.29 is 34.5 Å². The number of unbranched alkanes of at least 4 members (excludes halogenated alkanes) is 14. The van der Waals surface area contributed by atoms with Crippen molar-refractivity contribution >= 4 is 11.9 Å². The number of likely N-dealkylation sites (N-methyl/N-ethyl adjacent to an activating group) is 1. The van der Waals surface area contributed by atoms with Crippen LogP contribution in [0.4, 0.5) is 0 Å². The fourth-order valence-corrected chi connectivity index (χ4v) is 3.44. The van der Waals surface area contributed by atoms with E-state index in [1.807, 2.05) is 0 Å². The van der Waals surface area contributed by atoms with Crippen LogP contribution >= 0.6 is 0 Å². The first-order valence-electron chi connectivity index (χ1n) is 12.8. The molecule has 33 heavy (non-hydrogen) atoms. The minimum absolute atomic E-state index is 0.0694. The third kappa shape index (κ3) is 33.0. The van der Waals surface area contributed by atoms with E-state index < -0.39 is 24.4 Å². The van der Waals surface area contributed by atoms with Gasteiger partial charge in [0.05, 0.1) is 33.7 Å². The smallest absolute Gasteiger partial charge is 0.317 e. The fourth-order valence-electron chi connectivity index (χ4n) is 3.44. The van der Waals surface area contributed by atoms with Crippen molar-refractivity contribution in [1.82, 2.24) is 5.32 Å². The largest absolute Gasteiger partial charge is 0.544 e. The molecule has 0 aliphatic heterocycles. The molecule has 0 amide bonds. The van der Waals surface area contributed by atoms with Crippen LogP contribution in [0.5, 0.6) is 0 Å². The predicted octanol–water partition coefficient (Wildman–Crippen LogP) is 3.00. The Bertz CT molecular complexity index is 478. The van der Waals surface area contributed by atoms with E-state index in [0.717, 1.165) is 12.8 Å². The van der Waals surface area contributed by atoms with Crippen LogP contribution in [0.2, 0.25) is 0 Å². The van der Waals surface area contributed by atoms with E-state index in [1.54, 1.807) is 21.1 Å². The molecule has 0 fully saturated rings. The third-order valence-corrected chi connectivity index (χ3v) is 5.26. The Morgan fingerprint density at radius 2 is 1.12 bits per heavy atom. The fraction of sp³-hybridized carbons (Fsp3) is 0.920. The van der Waals surface area contributed by atoms with Gasteiger partial charge >= 0.3 is 5.97 Å². The molecule has 0 bridgehead atoms. The molecule has 0 aromatic heterocycles. The molecule has 198 valence electrons. The van der Waals surface area contributed by atoms with Gasteiger partial charge in [-0.25, -0.2) is 0 Å². The van der Waals surface area contributed by atoms with Gasteiger partial charge in [-0.2, -0.15) is 0 Å². The number of hydrogen-bond donors (Lipinski definition) is 4. The Kier molecular flexibility index (Phi) is 21.9. The van der Waals surface area contributed by atoms with E-state index in [1.165, 1.54) is 77.0 Å². The zero-order valence-corrected chi connectivity index (χ0v) is 21.7. The van der Waals surface area contributed by atoms with Gasteiger partial charge in [0.2, 0.25) is 5.91 Å². The second kappa shape index (κ2) is 21.3. The molecule has 0 unspecified atom stereocenters. The average molecular weight is 477 g/mol. The summed E-state index contributed by atoms with van der Waals surface area (Å²) in [6.07, 6.45) is 19.1. The normalized spacial score (nSPS) is 11.7. The molecule has 0 saturated heterocycles. The highest BCUT2D eigenvalue weighted by molar-refractivity contribution is 5.69. The molecule has 0 rings (SSSR count). The molecule has 0 spiro atoms. The monoisotopic (exact) mass is 476 g/mol. The zero-order valence-electron chi connectivity index (χ0n) is 21.7. The minimum Gasteiger partial charge on any atom is -0.544 e. The zero-order chi connectivity index (χ0) is 25.6. The van der Waals surface area contributed by atoms with E-state index in [-0.39, 0.29) is 13.0 Å². The Morgan fingerprint density at radius 3 is 1.39 bits per heavy atom. The number of carbonyl (C=O) groups excluding carboxylic acids is 1. The van der Waals surface area contributed by atoms with Gasteiger partial charge in [0.25, 0.3) is 0 Å². The minimum atomic E-state index is -2.06. The number of hydrogen-bond acceptors (Lipinski definition) is 6. The van der Waals surface area contributed by atoms with E-state index in [9.17, 15) is 24.9 Å². The van der Waals surface area contributed by atoms with Crippen molar-refractivity contribution in [2.45, 2.75) is 116 Å². The summed E-state index contributed by atoms with van der Waals surface area (Å²) >= 11 is 0. The molecular weight excluding hydrogens is 424 g/mol. The number of rotatable bonds is 21. The van der Waals surface area contributed by atoms with E-state index >= 15 is 0 Å². The Morgan fingerprint density at radius 1 is 0.758 bits per heavy atom. The van der Waals surface area contributed by atoms with E-state index in [0.29, 0.717) is 10.9 Å². The predicted molar refractivity (Wildman–Crippen MR) is 130 cm³/mol. The number of carbonyl (C=O) groups is 2. The Labute approximate surface area is 202 Å². The van der Waals surface area contributed by atoms with Crippen LogP contribution in [0.3, 0.4) is 0 Å². The van der Waals surface area contributed by atoms with Gasteiger partial charge in [0.1, 0.15) is 6.54 Å². The molecule has 0 aromatic carbocycles. The maximum Gasteiger partial charge on any atom is 0.317 e. The Hall–Kier alpha value is -1.22. The van der Waals surface area contributed by atoms with Gasteiger partial charge in [-0.15, -0.1) is 0 Å². The summed E-state index contributed by atoms with van der Waals surface area (Å²) in [6.45, 7) is 1.89. The van der Waals surface area contributed by atoms with E-state index in [2.05, 4.69) is 12.2 Å². The summed E-state index contributed by atoms with van der Waals surface area (Å²) in [5.41, 5.74) is 0. The van der Waals surface area contributed by atoms with Crippen LogP contribution in [0.15, 0.2) is 0 Å².